The number of likely N-dealkylation sites (tertiary alicyclic amines) is 1. The number of fused-ring (bicyclic) bond motifs is 1. The van der Waals surface area contributed by atoms with Crippen LogP contribution < -0.4 is 0 Å². The molecule has 1 saturated carbocycles. The highest BCUT2D eigenvalue weighted by Gasteiger charge is 2.42. The van der Waals surface area contributed by atoms with E-state index in [1.165, 1.54) is 18.2 Å². The van der Waals surface area contributed by atoms with Crippen LogP contribution >= 0.6 is 0 Å². The van der Waals surface area contributed by atoms with Gasteiger partial charge in [0.05, 0.1) is 11.2 Å². The van der Waals surface area contributed by atoms with Crippen LogP contribution in [0.4, 0.5) is 13.2 Å². The van der Waals surface area contributed by atoms with Crippen LogP contribution in [0.1, 0.15) is 24.3 Å². The highest BCUT2D eigenvalue weighted by atomic mass is 19.1. The van der Waals surface area contributed by atoms with Crippen molar-refractivity contribution in [2.24, 2.45) is 11.8 Å². The highest BCUT2D eigenvalue weighted by Crippen LogP contribution is 2.49. The van der Waals surface area contributed by atoms with Gasteiger partial charge in [0.15, 0.2) is 0 Å². The molecule has 4 nitrogen and oxygen atoms in total. The molecule has 0 bridgehead atoms. The average Bonchev–Trinajstić information content (AvgIpc) is 3.00. The number of hydrogen-bond acceptors (Lipinski definition) is 2. The van der Waals surface area contributed by atoms with Gasteiger partial charge in [-0.25, -0.2) is 13.2 Å². The summed E-state index contributed by atoms with van der Waals surface area (Å²) < 4.78 is 41.8. The maximum atomic E-state index is 14.4. The van der Waals surface area contributed by atoms with E-state index in [2.05, 4.69) is 4.98 Å². The molecule has 0 spiro atoms. The van der Waals surface area contributed by atoms with Crippen molar-refractivity contribution in [1.29, 1.82) is 0 Å². The molecule has 2 heterocycles. The van der Waals surface area contributed by atoms with Crippen molar-refractivity contribution < 1.29 is 23.1 Å². The third-order valence-electron chi connectivity index (χ3n) is 6.42. The van der Waals surface area contributed by atoms with Crippen LogP contribution in [0.25, 0.3) is 22.2 Å². The van der Waals surface area contributed by atoms with Crippen LogP contribution in [-0.4, -0.2) is 40.6 Å². The average molecular weight is 414 g/mol. The number of carbonyl (C=O) groups is 1. The largest absolute Gasteiger partial charge is 0.396 e. The Morgan fingerprint density at radius 1 is 1.07 bits per heavy atom. The number of rotatable bonds is 4. The van der Waals surface area contributed by atoms with E-state index >= 15 is 0 Å². The summed E-state index contributed by atoms with van der Waals surface area (Å²) in [7, 11) is 0. The fourth-order valence-corrected chi connectivity index (χ4v) is 4.69. The number of nitrogens with one attached hydrogen (secondary N) is 1. The molecule has 2 aromatic carbocycles. The smallest absolute Gasteiger partial charge is 0.225 e. The van der Waals surface area contributed by atoms with E-state index in [4.69, 9.17) is 5.11 Å². The lowest BCUT2D eigenvalue weighted by atomic mass is 9.69. The predicted molar refractivity (Wildman–Crippen MR) is 106 cm³/mol. The SMILES string of the molecule is O=C([C@H]1C[C@H](c2c(-c3ccc(F)cc3)[nH]c3c(F)cc(F)cc32)C1)N1CC(CO)C1. The van der Waals surface area contributed by atoms with Crippen molar-refractivity contribution in [3.8, 4) is 11.3 Å². The van der Waals surface area contributed by atoms with Gasteiger partial charge < -0.3 is 15.0 Å². The van der Waals surface area contributed by atoms with Crippen molar-refractivity contribution in [2.45, 2.75) is 18.8 Å². The Bertz CT molecular complexity index is 1110. The number of carbonyl (C=O) groups excluding carboxylic acids is 1. The Hall–Kier alpha value is -2.80. The molecule has 1 aliphatic carbocycles. The van der Waals surface area contributed by atoms with Crippen LogP contribution in [0.15, 0.2) is 36.4 Å². The van der Waals surface area contributed by atoms with Gasteiger partial charge in [-0.1, -0.05) is 0 Å². The molecular formula is C23H21F3N2O2. The predicted octanol–water partition coefficient (Wildman–Crippen LogP) is 4.20. The Balaban J connectivity index is 1.47. The molecule has 1 saturated heterocycles. The number of nitrogens with zero attached hydrogens (tertiary/aromatic N) is 1. The zero-order valence-electron chi connectivity index (χ0n) is 16.2. The van der Waals surface area contributed by atoms with Crippen molar-refractivity contribution in [3.63, 3.8) is 0 Å². The van der Waals surface area contributed by atoms with Gasteiger partial charge in [0.25, 0.3) is 0 Å². The van der Waals surface area contributed by atoms with Crippen LogP contribution in [0.3, 0.4) is 0 Å². The van der Waals surface area contributed by atoms with Gasteiger partial charge in [-0.05, 0) is 60.2 Å². The highest BCUT2D eigenvalue weighted by molar-refractivity contribution is 5.92. The second-order valence-electron chi connectivity index (χ2n) is 8.39. The molecule has 0 atom stereocenters. The van der Waals surface area contributed by atoms with Crippen LogP contribution in [0.5, 0.6) is 0 Å². The molecule has 0 radical (unpaired) electrons. The van der Waals surface area contributed by atoms with Gasteiger partial charge in [-0.3, -0.25) is 4.79 Å². The maximum Gasteiger partial charge on any atom is 0.225 e. The Labute approximate surface area is 171 Å². The topological polar surface area (TPSA) is 56.3 Å². The van der Waals surface area contributed by atoms with Crippen molar-refractivity contribution >= 4 is 16.8 Å². The number of benzene rings is 2. The molecule has 1 aliphatic heterocycles. The number of aromatic nitrogens is 1. The Morgan fingerprint density at radius 3 is 2.43 bits per heavy atom. The maximum absolute atomic E-state index is 14.4. The summed E-state index contributed by atoms with van der Waals surface area (Å²) in [6.07, 6.45) is 1.19. The van der Waals surface area contributed by atoms with Crippen molar-refractivity contribution in [1.82, 2.24) is 9.88 Å². The summed E-state index contributed by atoms with van der Waals surface area (Å²) in [6, 6.07) is 8.02. The fourth-order valence-electron chi connectivity index (χ4n) is 4.69. The van der Waals surface area contributed by atoms with Gasteiger partial charge in [0.2, 0.25) is 5.91 Å². The molecule has 2 fully saturated rings. The summed E-state index contributed by atoms with van der Waals surface area (Å²) in [5, 5.41) is 9.60. The molecule has 1 amide bonds. The lowest BCUT2D eigenvalue weighted by Crippen LogP contribution is -2.54. The molecular weight excluding hydrogens is 393 g/mol. The molecule has 30 heavy (non-hydrogen) atoms. The van der Waals surface area contributed by atoms with Crippen LogP contribution in [0, 0.1) is 29.3 Å². The molecule has 1 aromatic heterocycles. The number of hydrogen-bond donors (Lipinski definition) is 2. The second kappa shape index (κ2) is 7.16. The van der Waals surface area contributed by atoms with Crippen LogP contribution in [-0.2, 0) is 4.79 Å². The summed E-state index contributed by atoms with van der Waals surface area (Å²) in [4.78, 5) is 17.4. The minimum atomic E-state index is -0.679. The first-order chi connectivity index (χ1) is 14.4. The third-order valence-corrected chi connectivity index (χ3v) is 6.42. The number of aliphatic hydroxyl groups excluding tert-OH is 1. The summed E-state index contributed by atoms with van der Waals surface area (Å²) >= 11 is 0. The van der Waals surface area contributed by atoms with Gasteiger partial charge in [0.1, 0.15) is 17.5 Å². The van der Waals surface area contributed by atoms with E-state index in [0.29, 0.717) is 42.6 Å². The first-order valence-electron chi connectivity index (χ1n) is 10.1. The van der Waals surface area contributed by atoms with Gasteiger partial charge in [-0.15, -0.1) is 0 Å². The number of amides is 1. The van der Waals surface area contributed by atoms with Crippen LogP contribution in [0.2, 0.25) is 0 Å². The van der Waals surface area contributed by atoms with E-state index in [1.807, 2.05) is 0 Å². The van der Waals surface area contributed by atoms with Gasteiger partial charge >= 0.3 is 0 Å². The number of aromatic amines is 1. The number of aliphatic hydroxyl groups is 1. The summed E-state index contributed by atoms with van der Waals surface area (Å²) in [6.45, 7) is 1.26. The summed E-state index contributed by atoms with van der Waals surface area (Å²) in [5.74, 6) is -1.62. The third kappa shape index (κ3) is 3.08. The molecule has 3 aromatic rings. The number of halogens is 3. The van der Waals surface area contributed by atoms with Gasteiger partial charge in [-0.2, -0.15) is 0 Å². The zero-order valence-corrected chi connectivity index (χ0v) is 16.2. The molecule has 156 valence electrons. The van der Waals surface area contributed by atoms with Crippen molar-refractivity contribution in [2.75, 3.05) is 19.7 Å². The Morgan fingerprint density at radius 2 is 1.77 bits per heavy atom. The fraction of sp³-hybridized carbons (Fsp3) is 0.348. The molecule has 7 heteroatoms. The van der Waals surface area contributed by atoms with E-state index < -0.39 is 11.6 Å². The lowest BCUT2D eigenvalue weighted by molar-refractivity contribution is -0.146. The Kier molecular flexibility index (Phi) is 4.58. The lowest BCUT2D eigenvalue weighted by Gasteiger charge is -2.44. The minimum absolute atomic E-state index is 0.0242. The van der Waals surface area contributed by atoms with Gasteiger partial charge in [0, 0.05) is 43.0 Å². The quantitative estimate of drug-likeness (QED) is 0.673. The van der Waals surface area contributed by atoms with E-state index in [0.717, 1.165) is 11.6 Å². The van der Waals surface area contributed by atoms with E-state index in [-0.39, 0.29) is 41.6 Å². The molecule has 0 unspecified atom stereocenters. The minimum Gasteiger partial charge on any atom is -0.396 e. The standard InChI is InChI=1S/C23H21F3N2O2/c24-16-3-1-13(2-4-16)21-20(18-7-17(25)8-19(26)22(18)27-21)14-5-15(6-14)23(30)28-9-12(10-28)11-29/h1-4,7-8,12,14-15,27,29H,5-6,9-11H2/t14-,15-. The normalized spacial score (nSPS) is 21.5. The molecule has 2 N–H and O–H groups in total. The first-order valence-corrected chi connectivity index (χ1v) is 10.1. The molecule has 2 aliphatic rings. The second-order valence-corrected chi connectivity index (χ2v) is 8.39. The summed E-state index contributed by atoms with van der Waals surface area (Å²) in [5.41, 5.74) is 2.31. The first kappa shape index (κ1) is 19.2. The van der Waals surface area contributed by atoms with Crippen molar-refractivity contribution in [3.05, 3.63) is 59.4 Å². The molecule has 5 rings (SSSR count). The number of H-pyrrole nitrogens is 1. The van der Waals surface area contributed by atoms with E-state index in [1.54, 1.807) is 17.0 Å². The zero-order chi connectivity index (χ0) is 21.0. The monoisotopic (exact) mass is 414 g/mol. The van der Waals surface area contributed by atoms with E-state index in [9.17, 15) is 18.0 Å².